The Morgan fingerprint density at radius 1 is 0.278 bits per heavy atom. The van der Waals surface area contributed by atoms with Crippen LogP contribution in [0.15, 0.2) is 146 Å². The Kier molecular flexibility index (Phi) is 13.2. The Morgan fingerprint density at radius 2 is 0.598 bits per heavy atom. The van der Waals surface area contributed by atoms with Gasteiger partial charge < -0.3 is 28.7 Å². The largest absolute Gasteiger partial charge is 0.458 e. The van der Waals surface area contributed by atoms with Gasteiger partial charge in [-0.05, 0) is 220 Å². The molecule has 6 saturated carbocycles. The van der Waals surface area contributed by atoms with E-state index < -0.39 is 30.0 Å². The van der Waals surface area contributed by atoms with Crippen LogP contribution >= 0.6 is 0 Å². The number of nitrogens with zero attached hydrogens (tertiary/aromatic N) is 2. The fourth-order valence-corrected chi connectivity index (χ4v) is 22.1. The van der Waals surface area contributed by atoms with Gasteiger partial charge in [-0.3, -0.25) is 0 Å². The topological polar surface area (TPSA) is 43.4 Å². The van der Waals surface area contributed by atoms with Crippen molar-refractivity contribution in [3.63, 3.8) is 0 Å². The van der Waals surface area contributed by atoms with Crippen molar-refractivity contribution in [3.8, 4) is 46.0 Å². The zero-order chi connectivity index (χ0) is 64.1. The van der Waals surface area contributed by atoms with Gasteiger partial charge in [0.2, 0.25) is 0 Å². The lowest BCUT2D eigenvalue weighted by atomic mass is 9.29. The molecule has 0 saturated heterocycles. The molecule has 6 aliphatic carbocycles. The van der Waals surface area contributed by atoms with Gasteiger partial charge in [0.15, 0.2) is 0 Å². The minimum Gasteiger partial charge on any atom is -0.458 e. The van der Waals surface area contributed by atoms with Crippen LogP contribution in [-0.4, -0.2) is 20.1 Å². The first-order valence-electron chi connectivity index (χ1n) is 37.0. The van der Waals surface area contributed by atoms with Gasteiger partial charge in [-0.2, -0.15) is 0 Å². The molecule has 12 aliphatic rings. The molecule has 0 N–H and O–H groups in total. The van der Waals surface area contributed by atoms with Crippen molar-refractivity contribution in [2.75, 3.05) is 9.80 Å². The molecule has 13 heteroatoms. The zero-order valence-corrected chi connectivity index (χ0v) is 54.7. The van der Waals surface area contributed by atoms with E-state index in [0.29, 0.717) is 87.1 Å². The maximum Gasteiger partial charge on any atom is 0.260 e. The molecular formula is C84H75B3F4N2O4. The van der Waals surface area contributed by atoms with Gasteiger partial charge in [-0.25, -0.2) is 17.6 Å². The molecule has 21 rings (SSSR count). The van der Waals surface area contributed by atoms with Gasteiger partial charge >= 0.3 is 0 Å². The minimum absolute atomic E-state index is 0.0812. The third-order valence-corrected chi connectivity index (χ3v) is 26.4. The molecule has 0 spiro atoms. The number of anilines is 6. The van der Waals surface area contributed by atoms with Crippen LogP contribution in [0.5, 0.6) is 46.0 Å². The molecule has 9 aromatic carbocycles. The lowest BCUT2D eigenvalue weighted by Gasteiger charge is -2.46. The van der Waals surface area contributed by atoms with Crippen molar-refractivity contribution < 1.29 is 36.5 Å². The molecule has 6 atom stereocenters. The Labute approximate surface area is 566 Å². The standard InChI is InChI=1S/C84H75B3F4N2O4/c88-64-24-14-25-65(89)83(64)92-68-44-74-62(85-58-22-10-12-28-72(58)94-76-38-56(40-78(96-74)81(76)85)53-32-48-18-6-2-7-19-49(48)33-53)42-60(68)87-61-43-63-75(97-79-41-57(54-34-50-20-8-3-9-21-51(50)35-54)39-77-82(79)86(63)59-23-11-13-29-73(59)95-77)45-69(61)93(84-66(90)26-15-27-67(84)91)71-37-55(36-70(92)80(71)87)52-30-46-16-4-1-5-17-47(46)31-52/h10-15,22-29,36-54H,1-9,16-21,30-35H2. The maximum absolute atomic E-state index is 17.7. The summed E-state index contributed by atoms with van der Waals surface area (Å²) in [4.78, 5) is 3.59. The first-order valence-corrected chi connectivity index (χ1v) is 37.0. The van der Waals surface area contributed by atoms with Gasteiger partial charge in [0.25, 0.3) is 20.1 Å². The predicted molar refractivity (Wildman–Crippen MR) is 382 cm³/mol. The molecule has 6 unspecified atom stereocenters. The van der Waals surface area contributed by atoms with Gasteiger partial charge in [-0.1, -0.05) is 157 Å². The molecule has 6 heterocycles. The zero-order valence-electron chi connectivity index (χ0n) is 54.7. The predicted octanol–water partition coefficient (Wildman–Crippen LogP) is 17.0. The average molecular weight is 1280 g/mol. The monoisotopic (exact) mass is 1280 g/mol. The lowest BCUT2D eigenvalue weighted by Crippen LogP contribution is -2.65. The van der Waals surface area contributed by atoms with Crippen molar-refractivity contribution >= 4 is 103 Å². The van der Waals surface area contributed by atoms with E-state index in [4.69, 9.17) is 18.9 Å². The third-order valence-electron chi connectivity index (χ3n) is 26.4. The second kappa shape index (κ2) is 22.1. The summed E-state index contributed by atoms with van der Waals surface area (Å²) in [6, 6.07) is 47.0. The second-order valence-corrected chi connectivity index (χ2v) is 31.3. The van der Waals surface area contributed by atoms with E-state index in [9.17, 15) is 0 Å². The summed E-state index contributed by atoms with van der Waals surface area (Å²) in [5, 5.41) is 0. The molecule has 0 bridgehead atoms. The first-order chi connectivity index (χ1) is 47.7. The van der Waals surface area contributed by atoms with Gasteiger partial charge in [0.1, 0.15) is 80.6 Å². The average Bonchev–Trinajstić information content (AvgIpc) is 0.961. The van der Waals surface area contributed by atoms with E-state index >= 15 is 17.6 Å². The fourth-order valence-electron chi connectivity index (χ4n) is 22.1. The van der Waals surface area contributed by atoms with Crippen LogP contribution in [0.4, 0.5) is 51.7 Å². The van der Waals surface area contributed by atoms with E-state index in [2.05, 4.69) is 97.1 Å². The normalized spacial score (nSPS) is 25.4. The molecule has 6 nitrogen and oxygen atoms in total. The summed E-state index contributed by atoms with van der Waals surface area (Å²) in [5.41, 5.74) is 13.3. The van der Waals surface area contributed by atoms with Crippen molar-refractivity contribution in [1.82, 2.24) is 0 Å². The Morgan fingerprint density at radius 3 is 0.959 bits per heavy atom. The summed E-state index contributed by atoms with van der Waals surface area (Å²) in [6.07, 6.45) is 25.4. The highest BCUT2D eigenvalue weighted by Gasteiger charge is 2.52. The molecule has 9 aromatic rings. The summed E-state index contributed by atoms with van der Waals surface area (Å²) in [7, 11) is 0. The molecule has 0 aromatic heterocycles. The number of hydrogen-bond donors (Lipinski definition) is 0. The molecule has 6 aliphatic heterocycles. The highest BCUT2D eigenvalue weighted by molar-refractivity contribution is 7.03. The van der Waals surface area contributed by atoms with Crippen molar-refractivity contribution in [2.45, 2.75) is 153 Å². The van der Waals surface area contributed by atoms with Crippen LogP contribution in [-0.2, 0) is 0 Å². The van der Waals surface area contributed by atoms with Gasteiger partial charge in [-0.15, -0.1) is 0 Å². The Hall–Kier alpha value is -8.31. The maximum atomic E-state index is 17.7. The lowest BCUT2D eigenvalue weighted by molar-refractivity contribution is 0.367. The van der Waals surface area contributed by atoms with Crippen molar-refractivity contribution in [2.24, 2.45) is 35.5 Å². The van der Waals surface area contributed by atoms with Crippen LogP contribution in [0.3, 0.4) is 0 Å². The second-order valence-electron chi connectivity index (χ2n) is 31.3. The molecule has 0 amide bonds. The van der Waals surface area contributed by atoms with Gasteiger partial charge in [0.05, 0.1) is 0 Å². The quantitative estimate of drug-likeness (QED) is 0.126. The van der Waals surface area contributed by atoms with E-state index in [1.807, 2.05) is 12.1 Å². The summed E-state index contributed by atoms with van der Waals surface area (Å²) >= 11 is 0. The van der Waals surface area contributed by atoms with Crippen LogP contribution in [0.2, 0.25) is 0 Å². The Balaban J connectivity index is 0.815. The number of para-hydroxylation sites is 4. The van der Waals surface area contributed by atoms with Crippen LogP contribution in [0.25, 0.3) is 0 Å². The van der Waals surface area contributed by atoms with Crippen LogP contribution in [0.1, 0.15) is 169 Å². The van der Waals surface area contributed by atoms with Crippen molar-refractivity contribution in [1.29, 1.82) is 0 Å². The van der Waals surface area contributed by atoms with E-state index in [1.54, 1.807) is 9.80 Å². The SMILES string of the molecule is Fc1cccc(F)c1N1c2cc3c(cc2B2c4cc5c(cc4N(c4c(F)cccc4F)c4cc(C6CC7CCCCCC7C6)cc1c42)Oc1cc(C2CC4CCCCCC4C2)cc2c1B5c1ccccc1O2)B1c2ccccc2Oc2cc(C4CC5CCCCCC5C4)cc(c21)O3. The summed E-state index contributed by atoms with van der Waals surface area (Å²) < 4.78 is 99.9. The highest BCUT2D eigenvalue weighted by atomic mass is 19.1. The Bertz CT molecular complexity index is 4470. The van der Waals surface area contributed by atoms with Crippen LogP contribution in [0, 0.1) is 58.8 Å². The molecule has 482 valence electrons. The molecule has 97 heavy (non-hydrogen) atoms. The molecular weight excluding hydrogens is 1210 g/mol. The van der Waals surface area contributed by atoms with Crippen LogP contribution < -0.4 is 77.9 Å². The van der Waals surface area contributed by atoms with E-state index in [1.165, 1.54) is 131 Å². The van der Waals surface area contributed by atoms with Gasteiger partial charge in [0, 0.05) is 45.8 Å². The number of hydrogen-bond acceptors (Lipinski definition) is 6. The molecule has 6 fully saturated rings. The summed E-state index contributed by atoms with van der Waals surface area (Å²) in [6.45, 7) is -1.34. The summed E-state index contributed by atoms with van der Waals surface area (Å²) in [5.74, 6) is 7.65. The molecule has 0 radical (unpaired) electrons. The number of rotatable bonds is 5. The highest BCUT2D eigenvalue weighted by Crippen LogP contribution is 2.56. The minimum atomic E-state index is -0.729. The van der Waals surface area contributed by atoms with Crippen molar-refractivity contribution in [3.05, 3.63) is 186 Å². The third kappa shape index (κ3) is 8.85. The fraction of sp³-hybridized carbons (Fsp3) is 0.357. The number of fused-ring (bicyclic) bond motifs is 15. The smallest absolute Gasteiger partial charge is 0.260 e. The number of ether oxygens (including phenoxy) is 4. The first kappa shape index (κ1) is 57.7. The van der Waals surface area contributed by atoms with E-state index in [-0.39, 0.29) is 30.7 Å². The number of halogens is 4. The van der Waals surface area contributed by atoms with E-state index in [0.717, 1.165) is 135 Å². The number of benzene rings is 9.